The Kier molecular flexibility index (Phi) is 3.84. The third kappa shape index (κ3) is 2.69. The number of hydrogen-bond donors (Lipinski definition) is 0. The van der Waals surface area contributed by atoms with Gasteiger partial charge >= 0.3 is 6.18 Å². The maximum atomic E-state index is 13.1. The van der Waals surface area contributed by atoms with Crippen LogP contribution in [0.15, 0.2) is 23.1 Å². The van der Waals surface area contributed by atoms with Crippen molar-refractivity contribution in [2.75, 3.05) is 13.2 Å². The minimum Gasteiger partial charge on any atom is -0.493 e. The average molecular weight is 335 g/mol. The molecule has 1 atom stereocenters. The second-order valence-corrected chi connectivity index (χ2v) is 7.43. The monoisotopic (exact) mass is 335 g/mol. The zero-order chi connectivity index (χ0) is 16.0. The fourth-order valence-corrected chi connectivity index (χ4v) is 4.71. The maximum Gasteiger partial charge on any atom is 0.405 e. The first-order valence-electron chi connectivity index (χ1n) is 7.14. The quantitative estimate of drug-likeness (QED) is 0.835. The van der Waals surface area contributed by atoms with Gasteiger partial charge in [0.05, 0.1) is 11.5 Å². The standard InChI is InChI=1S/C14H16F3NO3S/c15-14(16,17)13-3-1-2-7-18(13)22(19,20)11-4-5-12-10(9-11)6-8-21-12/h4-5,9,13H,1-3,6-8H2. The summed E-state index contributed by atoms with van der Waals surface area (Å²) >= 11 is 0. The second kappa shape index (κ2) is 5.42. The molecule has 2 aliphatic heterocycles. The van der Waals surface area contributed by atoms with E-state index in [0.29, 0.717) is 35.9 Å². The summed E-state index contributed by atoms with van der Waals surface area (Å²) < 4.78 is 70.6. The average Bonchev–Trinajstić information content (AvgIpc) is 2.93. The van der Waals surface area contributed by atoms with Gasteiger partial charge in [-0.3, -0.25) is 0 Å². The van der Waals surface area contributed by atoms with Crippen LogP contribution in [0.25, 0.3) is 0 Å². The molecule has 0 saturated carbocycles. The molecule has 4 nitrogen and oxygen atoms in total. The number of ether oxygens (including phenoxy) is 1. The molecule has 1 saturated heterocycles. The first-order valence-corrected chi connectivity index (χ1v) is 8.58. The van der Waals surface area contributed by atoms with Gasteiger partial charge in [0.15, 0.2) is 0 Å². The topological polar surface area (TPSA) is 46.6 Å². The Hall–Kier alpha value is -1.28. The van der Waals surface area contributed by atoms with Crippen molar-refractivity contribution in [3.63, 3.8) is 0 Å². The molecule has 1 unspecified atom stereocenters. The largest absolute Gasteiger partial charge is 0.493 e. The van der Waals surface area contributed by atoms with Crippen LogP contribution >= 0.6 is 0 Å². The second-order valence-electron chi connectivity index (χ2n) is 5.54. The number of nitrogens with zero attached hydrogens (tertiary/aromatic N) is 1. The number of halogens is 3. The normalized spacial score (nSPS) is 23.1. The highest BCUT2D eigenvalue weighted by Crippen LogP contribution is 2.36. The molecule has 1 aromatic rings. The zero-order valence-electron chi connectivity index (χ0n) is 11.8. The number of benzene rings is 1. The molecule has 1 aromatic carbocycles. The van der Waals surface area contributed by atoms with Crippen LogP contribution in [0, 0.1) is 0 Å². The van der Waals surface area contributed by atoms with Crippen LogP contribution in [-0.2, 0) is 16.4 Å². The Morgan fingerprint density at radius 1 is 1.23 bits per heavy atom. The summed E-state index contributed by atoms with van der Waals surface area (Å²) in [5.74, 6) is 0.602. The number of rotatable bonds is 2. The summed E-state index contributed by atoms with van der Waals surface area (Å²) in [6.45, 7) is 0.369. The maximum absolute atomic E-state index is 13.1. The highest BCUT2D eigenvalue weighted by Gasteiger charge is 2.49. The number of fused-ring (bicyclic) bond motifs is 1. The Morgan fingerprint density at radius 3 is 2.73 bits per heavy atom. The summed E-state index contributed by atoms with van der Waals surface area (Å²) in [5.41, 5.74) is 0.724. The van der Waals surface area contributed by atoms with Gasteiger partial charge in [0.2, 0.25) is 10.0 Å². The molecule has 3 rings (SSSR count). The Morgan fingerprint density at radius 2 is 2.00 bits per heavy atom. The van der Waals surface area contributed by atoms with Crippen molar-refractivity contribution in [3.8, 4) is 5.75 Å². The van der Waals surface area contributed by atoms with E-state index in [0.717, 1.165) is 5.56 Å². The van der Waals surface area contributed by atoms with Crippen molar-refractivity contribution >= 4 is 10.0 Å². The van der Waals surface area contributed by atoms with Crippen LogP contribution in [0.1, 0.15) is 24.8 Å². The molecule has 2 aliphatic rings. The SMILES string of the molecule is O=S(=O)(c1ccc2c(c1)CCO2)N1CCCCC1C(F)(F)F. The van der Waals surface area contributed by atoms with Crippen LogP contribution < -0.4 is 4.74 Å². The molecular weight excluding hydrogens is 319 g/mol. The van der Waals surface area contributed by atoms with Crippen molar-refractivity contribution in [1.82, 2.24) is 4.31 Å². The molecule has 22 heavy (non-hydrogen) atoms. The third-order valence-electron chi connectivity index (χ3n) is 4.10. The lowest BCUT2D eigenvalue weighted by molar-refractivity contribution is -0.177. The molecule has 0 amide bonds. The van der Waals surface area contributed by atoms with Crippen molar-refractivity contribution in [1.29, 1.82) is 0 Å². The molecule has 0 radical (unpaired) electrons. The van der Waals surface area contributed by atoms with Gasteiger partial charge in [-0.15, -0.1) is 0 Å². The molecule has 0 bridgehead atoms. The van der Waals surface area contributed by atoms with Crippen LogP contribution in [0.3, 0.4) is 0 Å². The predicted molar refractivity (Wildman–Crippen MR) is 73.2 cm³/mol. The molecule has 0 spiro atoms. The minimum atomic E-state index is -4.55. The predicted octanol–water partition coefficient (Wildman–Crippen LogP) is 2.73. The fourth-order valence-electron chi connectivity index (χ4n) is 2.98. The first-order chi connectivity index (χ1) is 10.3. The van der Waals surface area contributed by atoms with E-state index in [1.54, 1.807) is 0 Å². The highest BCUT2D eigenvalue weighted by atomic mass is 32.2. The highest BCUT2D eigenvalue weighted by molar-refractivity contribution is 7.89. The van der Waals surface area contributed by atoms with Gasteiger partial charge in [-0.1, -0.05) is 6.42 Å². The number of hydrogen-bond acceptors (Lipinski definition) is 3. The molecule has 0 aromatic heterocycles. The molecule has 1 fully saturated rings. The molecule has 0 N–H and O–H groups in total. The Labute approximate surface area is 126 Å². The van der Waals surface area contributed by atoms with E-state index in [2.05, 4.69) is 0 Å². The first kappa shape index (κ1) is 15.6. The van der Waals surface area contributed by atoms with Gasteiger partial charge in [0, 0.05) is 13.0 Å². The number of alkyl halides is 3. The Bertz CT molecular complexity index is 672. The van der Waals surface area contributed by atoms with Gasteiger partial charge in [0.1, 0.15) is 11.8 Å². The van der Waals surface area contributed by atoms with Crippen LogP contribution in [0.2, 0.25) is 0 Å². The van der Waals surface area contributed by atoms with Crippen molar-refractivity contribution in [2.24, 2.45) is 0 Å². The molecular formula is C14H16F3NO3S. The van der Waals surface area contributed by atoms with Gasteiger partial charge in [-0.2, -0.15) is 17.5 Å². The van der Waals surface area contributed by atoms with Crippen LogP contribution in [0.5, 0.6) is 5.75 Å². The summed E-state index contributed by atoms with van der Waals surface area (Å²) in [4.78, 5) is -0.0899. The van der Waals surface area contributed by atoms with Crippen LogP contribution in [0.4, 0.5) is 13.2 Å². The van der Waals surface area contributed by atoms with E-state index in [-0.39, 0.29) is 17.9 Å². The van der Waals surface area contributed by atoms with E-state index in [9.17, 15) is 21.6 Å². The van der Waals surface area contributed by atoms with Crippen molar-refractivity contribution in [2.45, 2.75) is 42.8 Å². The molecule has 2 heterocycles. The number of piperidine rings is 1. The van der Waals surface area contributed by atoms with Gasteiger partial charge in [-0.05, 0) is 36.6 Å². The summed E-state index contributed by atoms with van der Waals surface area (Å²) in [7, 11) is -4.16. The minimum absolute atomic E-state index is 0.0899. The number of sulfonamides is 1. The molecule has 122 valence electrons. The zero-order valence-corrected chi connectivity index (χ0v) is 12.6. The van der Waals surface area contributed by atoms with Gasteiger partial charge < -0.3 is 4.74 Å². The van der Waals surface area contributed by atoms with E-state index in [1.807, 2.05) is 0 Å². The molecule has 8 heteroatoms. The summed E-state index contributed by atoms with van der Waals surface area (Å²) in [6, 6.07) is 2.33. The van der Waals surface area contributed by atoms with Gasteiger partial charge in [0.25, 0.3) is 0 Å². The van der Waals surface area contributed by atoms with Crippen molar-refractivity contribution in [3.05, 3.63) is 23.8 Å². The summed E-state index contributed by atoms with van der Waals surface area (Å²) in [5, 5.41) is 0. The summed E-state index contributed by atoms with van der Waals surface area (Å²) in [6.07, 6.45) is -3.33. The molecule has 0 aliphatic carbocycles. The third-order valence-corrected chi connectivity index (χ3v) is 6.00. The van der Waals surface area contributed by atoms with E-state index >= 15 is 0 Å². The van der Waals surface area contributed by atoms with E-state index in [4.69, 9.17) is 4.74 Å². The van der Waals surface area contributed by atoms with Crippen LogP contribution in [-0.4, -0.2) is 38.1 Å². The lowest BCUT2D eigenvalue weighted by Crippen LogP contribution is -2.51. The van der Waals surface area contributed by atoms with Gasteiger partial charge in [-0.25, -0.2) is 8.42 Å². The van der Waals surface area contributed by atoms with E-state index < -0.39 is 22.2 Å². The van der Waals surface area contributed by atoms with E-state index in [1.165, 1.54) is 18.2 Å². The lowest BCUT2D eigenvalue weighted by Gasteiger charge is -2.35. The lowest BCUT2D eigenvalue weighted by atomic mass is 10.0. The van der Waals surface area contributed by atoms with Crippen molar-refractivity contribution < 1.29 is 26.3 Å². The Balaban J connectivity index is 1.97. The smallest absolute Gasteiger partial charge is 0.405 e. The fraction of sp³-hybridized carbons (Fsp3) is 0.571.